The molecule has 3 nitrogen and oxygen atoms in total. The summed E-state index contributed by atoms with van der Waals surface area (Å²) in [6.45, 7) is 4.35. The van der Waals surface area contributed by atoms with Gasteiger partial charge in [0.05, 0.1) is 18.7 Å². The van der Waals surface area contributed by atoms with Crippen molar-refractivity contribution in [3.05, 3.63) is 76.9 Å². The molecule has 0 heterocycles. The average Bonchev–Trinajstić information content (AvgIpc) is 2.64. The molecule has 0 amide bonds. The van der Waals surface area contributed by atoms with Crippen molar-refractivity contribution >= 4 is 11.5 Å². The van der Waals surface area contributed by atoms with E-state index in [0.717, 1.165) is 12.0 Å². The van der Waals surface area contributed by atoms with E-state index in [9.17, 15) is 4.79 Å². The Morgan fingerprint density at radius 2 is 1.67 bits per heavy atom. The smallest absolute Gasteiger partial charge is 0.337 e. The van der Waals surface area contributed by atoms with Gasteiger partial charge < -0.3 is 10.1 Å². The van der Waals surface area contributed by atoms with Gasteiger partial charge in [-0.2, -0.15) is 0 Å². The lowest BCUT2D eigenvalue weighted by atomic mass is 9.90. The first-order chi connectivity index (χ1) is 11.6. The van der Waals surface area contributed by atoms with Crippen LogP contribution in [0.1, 0.15) is 47.8 Å². The summed E-state index contributed by atoms with van der Waals surface area (Å²) in [4.78, 5) is 11.6. The summed E-state index contributed by atoms with van der Waals surface area (Å²) in [7, 11) is 3.35. The van der Waals surface area contributed by atoms with Gasteiger partial charge >= 0.3 is 5.97 Å². The first-order valence-electron chi connectivity index (χ1n) is 8.23. The molecule has 0 bridgehead atoms. The first-order valence-corrected chi connectivity index (χ1v) is 8.23. The van der Waals surface area contributed by atoms with Crippen LogP contribution in [0.3, 0.4) is 0 Å². The number of carbonyl (C=O) groups is 1. The molecule has 1 unspecified atom stereocenters. The topological polar surface area (TPSA) is 38.3 Å². The zero-order chi connectivity index (χ0) is 17.5. The molecular weight excluding hydrogens is 298 g/mol. The third kappa shape index (κ3) is 3.92. The summed E-state index contributed by atoms with van der Waals surface area (Å²) in [6, 6.07) is 18.2. The summed E-state index contributed by atoms with van der Waals surface area (Å²) in [6.07, 6.45) is 0.967. The minimum atomic E-state index is -0.312. The molecule has 0 saturated heterocycles. The fraction of sp³-hybridized carbons (Fsp3) is 0.286. The summed E-state index contributed by atoms with van der Waals surface area (Å²) in [5, 5.41) is 3.39. The molecule has 1 atom stereocenters. The Hall–Kier alpha value is -2.39. The molecule has 0 aliphatic rings. The van der Waals surface area contributed by atoms with Gasteiger partial charge in [0.2, 0.25) is 0 Å². The predicted octanol–water partition coefficient (Wildman–Crippen LogP) is 4.62. The van der Waals surface area contributed by atoms with E-state index < -0.39 is 0 Å². The molecule has 2 aromatic rings. The molecule has 0 aliphatic heterocycles. The average molecular weight is 323 g/mol. The SMILES string of the molecule is CC/C(=C(/C)C(NC)c1ccc(C(=O)OC)cc1)c1ccccc1. The van der Waals surface area contributed by atoms with Gasteiger partial charge in [-0.15, -0.1) is 0 Å². The molecule has 0 spiro atoms. The summed E-state index contributed by atoms with van der Waals surface area (Å²) < 4.78 is 4.76. The molecular formula is C21H25NO2. The molecule has 126 valence electrons. The van der Waals surface area contributed by atoms with Crippen molar-refractivity contribution in [2.24, 2.45) is 0 Å². The van der Waals surface area contributed by atoms with E-state index >= 15 is 0 Å². The molecule has 24 heavy (non-hydrogen) atoms. The Kier molecular flexibility index (Phi) is 6.33. The van der Waals surface area contributed by atoms with Crippen LogP contribution >= 0.6 is 0 Å². The lowest BCUT2D eigenvalue weighted by molar-refractivity contribution is 0.0600. The Morgan fingerprint density at radius 3 is 2.17 bits per heavy atom. The van der Waals surface area contributed by atoms with Crippen molar-refractivity contribution in [2.45, 2.75) is 26.3 Å². The second kappa shape index (κ2) is 8.46. The molecule has 2 aromatic carbocycles. The van der Waals surface area contributed by atoms with Gasteiger partial charge in [-0.25, -0.2) is 4.79 Å². The molecule has 0 aromatic heterocycles. The molecule has 0 aliphatic carbocycles. The number of ether oxygens (including phenoxy) is 1. The number of likely N-dealkylation sites (N-methyl/N-ethyl adjacent to an activating group) is 1. The molecule has 3 heteroatoms. The fourth-order valence-electron chi connectivity index (χ4n) is 3.09. The van der Waals surface area contributed by atoms with Gasteiger partial charge in [0.1, 0.15) is 0 Å². The van der Waals surface area contributed by atoms with E-state index in [1.54, 1.807) is 0 Å². The van der Waals surface area contributed by atoms with Gasteiger partial charge in [-0.1, -0.05) is 49.4 Å². The predicted molar refractivity (Wildman–Crippen MR) is 98.9 cm³/mol. The van der Waals surface area contributed by atoms with Crippen LogP contribution in [-0.2, 0) is 4.74 Å². The zero-order valence-electron chi connectivity index (χ0n) is 14.8. The maximum atomic E-state index is 11.6. The van der Waals surface area contributed by atoms with Crippen LogP contribution < -0.4 is 5.32 Å². The van der Waals surface area contributed by atoms with Crippen molar-refractivity contribution in [3.63, 3.8) is 0 Å². The minimum absolute atomic E-state index is 0.104. The Bertz CT molecular complexity index is 702. The minimum Gasteiger partial charge on any atom is -0.465 e. The number of nitrogens with one attached hydrogen (secondary N) is 1. The maximum Gasteiger partial charge on any atom is 0.337 e. The number of rotatable bonds is 6. The van der Waals surface area contributed by atoms with Crippen LogP contribution in [0.5, 0.6) is 0 Å². The maximum absolute atomic E-state index is 11.6. The van der Waals surface area contributed by atoms with Crippen molar-refractivity contribution in [2.75, 3.05) is 14.2 Å². The van der Waals surface area contributed by atoms with E-state index in [1.165, 1.54) is 23.8 Å². The van der Waals surface area contributed by atoms with Crippen molar-refractivity contribution in [3.8, 4) is 0 Å². The highest BCUT2D eigenvalue weighted by molar-refractivity contribution is 5.89. The van der Waals surface area contributed by atoms with Gasteiger partial charge in [0.15, 0.2) is 0 Å². The van der Waals surface area contributed by atoms with Gasteiger partial charge in [0, 0.05) is 0 Å². The number of esters is 1. The monoisotopic (exact) mass is 323 g/mol. The number of methoxy groups -OCH3 is 1. The number of hydrogen-bond acceptors (Lipinski definition) is 3. The van der Waals surface area contributed by atoms with Crippen LogP contribution in [-0.4, -0.2) is 20.1 Å². The van der Waals surface area contributed by atoms with Gasteiger partial charge in [-0.3, -0.25) is 0 Å². The van der Waals surface area contributed by atoms with Crippen molar-refractivity contribution < 1.29 is 9.53 Å². The van der Waals surface area contributed by atoms with E-state index in [4.69, 9.17) is 4.74 Å². The fourth-order valence-corrected chi connectivity index (χ4v) is 3.09. The quantitative estimate of drug-likeness (QED) is 0.789. The second-order valence-corrected chi connectivity index (χ2v) is 5.72. The highest BCUT2D eigenvalue weighted by Gasteiger charge is 2.16. The van der Waals surface area contributed by atoms with E-state index in [2.05, 4.69) is 43.4 Å². The highest BCUT2D eigenvalue weighted by Crippen LogP contribution is 2.30. The summed E-state index contributed by atoms with van der Waals surface area (Å²) in [5.74, 6) is -0.312. The molecule has 1 N–H and O–H groups in total. The van der Waals surface area contributed by atoms with Gasteiger partial charge in [-0.05, 0) is 54.8 Å². The molecule has 0 radical (unpaired) electrons. The van der Waals surface area contributed by atoms with Crippen molar-refractivity contribution in [1.29, 1.82) is 0 Å². The third-order valence-corrected chi connectivity index (χ3v) is 4.34. The van der Waals surface area contributed by atoms with E-state index in [1.807, 2.05) is 37.4 Å². The molecule has 2 rings (SSSR count). The molecule has 0 saturated carbocycles. The highest BCUT2D eigenvalue weighted by atomic mass is 16.5. The zero-order valence-corrected chi connectivity index (χ0v) is 14.8. The van der Waals surface area contributed by atoms with Crippen LogP contribution in [0.15, 0.2) is 60.2 Å². The Morgan fingerprint density at radius 1 is 1.04 bits per heavy atom. The van der Waals surface area contributed by atoms with Crippen molar-refractivity contribution in [1.82, 2.24) is 5.32 Å². The van der Waals surface area contributed by atoms with E-state index in [0.29, 0.717) is 5.56 Å². The summed E-state index contributed by atoms with van der Waals surface area (Å²) in [5.41, 5.74) is 5.58. The Labute approximate surface area is 144 Å². The van der Waals surface area contributed by atoms with Crippen LogP contribution in [0, 0.1) is 0 Å². The number of hydrogen-bond donors (Lipinski definition) is 1. The number of benzene rings is 2. The van der Waals surface area contributed by atoms with Crippen LogP contribution in [0.4, 0.5) is 0 Å². The standard InChI is InChI=1S/C21H25NO2/c1-5-19(16-9-7-6-8-10-16)15(2)20(22-3)17-11-13-18(14-12-17)21(23)24-4/h6-14,20,22H,5H2,1-4H3/b19-15+. The first kappa shape index (κ1) is 18.0. The Balaban J connectivity index is 2.39. The lowest BCUT2D eigenvalue weighted by Gasteiger charge is -2.22. The summed E-state index contributed by atoms with van der Waals surface area (Å²) >= 11 is 0. The van der Waals surface area contributed by atoms with Gasteiger partial charge in [0.25, 0.3) is 0 Å². The normalized spacial score (nSPS) is 13.2. The van der Waals surface area contributed by atoms with Crippen LogP contribution in [0.25, 0.3) is 5.57 Å². The lowest BCUT2D eigenvalue weighted by Crippen LogP contribution is -2.18. The number of allylic oxidation sites excluding steroid dienone is 1. The largest absolute Gasteiger partial charge is 0.465 e. The molecule has 0 fully saturated rings. The third-order valence-electron chi connectivity index (χ3n) is 4.34. The number of carbonyl (C=O) groups excluding carboxylic acids is 1. The van der Waals surface area contributed by atoms with E-state index in [-0.39, 0.29) is 12.0 Å². The second-order valence-electron chi connectivity index (χ2n) is 5.72. The van der Waals surface area contributed by atoms with Crippen LogP contribution in [0.2, 0.25) is 0 Å².